The zero-order valence-electron chi connectivity index (χ0n) is 13.8. The van der Waals surface area contributed by atoms with Gasteiger partial charge >= 0.3 is 11.9 Å². The Morgan fingerprint density at radius 3 is 2.56 bits per heavy atom. The number of carboxylic acid groups (broad SMARTS) is 1. The minimum absolute atomic E-state index is 0.406. The fraction of sp³-hybridized carbons (Fsp3) is 0.105. The van der Waals surface area contributed by atoms with Crippen LogP contribution in [0.1, 0.15) is 15.9 Å². The zero-order chi connectivity index (χ0) is 18.0. The predicted octanol–water partition coefficient (Wildman–Crippen LogP) is 3.12. The summed E-state index contributed by atoms with van der Waals surface area (Å²) < 4.78 is 6.62. The summed E-state index contributed by atoms with van der Waals surface area (Å²) in [5.41, 5.74) is 3.63. The van der Waals surface area contributed by atoms with Gasteiger partial charge in [0.25, 0.3) is 0 Å². The second kappa shape index (κ2) is 6.60. The summed E-state index contributed by atoms with van der Waals surface area (Å²) in [4.78, 5) is 26.9. The van der Waals surface area contributed by atoms with E-state index in [0.717, 1.165) is 33.9 Å². The molecule has 3 aromatic rings. The number of aromatic nitrogens is 2. The van der Waals surface area contributed by atoms with Crippen molar-refractivity contribution in [2.24, 2.45) is 7.05 Å². The third kappa shape index (κ3) is 3.01. The van der Waals surface area contributed by atoms with Crippen molar-refractivity contribution in [1.29, 1.82) is 0 Å². The van der Waals surface area contributed by atoms with E-state index >= 15 is 0 Å². The molecule has 126 valence electrons. The molecule has 3 rings (SSSR count). The maximum Gasteiger partial charge on any atom is 0.337 e. The molecule has 1 N–H and O–H groups in total. The molecule has 0 spiro atoms. The standard InChI is InChI=1S/C19H16N2O4/c1-21-17(12-5-7-13(8-6-12)19(24)25-2)14(9-10-16(22)23)15-4-3-11-20-18(15)21/h3-11H,1-2H3,(H,22,23). The van der Waals surface area contributed by atoms with Crippen molar-refractivity contribution >= 4 is 29.0 Å². The highest BCUT2D eigenvalue weighted by Gasteiger charge is 2.16. The summed E-state index contributed by atoms with van der Waals surface area (Å²) in [5, 5.41) is 9.84. The largest absolute Gasteiger partial charge is 0.478 e. The maximum absolute atomic E-state index is 11.6. The van der Waals surface area contributed by atoms with Gasteiger partial charge in [-0.3, -0.25) is 0 Å². The summed E-state index contributed by atoms with van der Waals surface area (Å²) >= 11 is 0. The Hall–Kier alpha value is -3.41. The molecule has 0 saturated carbocycles. The lowest BCUT2D eigenvalue weighted by molar-refractivity contribution is -0.131. The van der Waals surface area contributed by atoms with E-state index in [1.807, 2.05) is 23.7 Å². The lowest BCUT2D eigenvalue weighted by atomic mass is 10.0. The lowest BCUT2D eigenvalue weighted by Gasteiger charge is -2.07. The first kappa shape index (κ1) is 16.4. The van der Waals surface area contributed by atoms with Gasteiger partial charge in [-0.15, -0.1) is 0 Å². The van der Waals surface area contributed by atoms with Crippen LogP contribution in [0.5, 0.6) is 0 Å². The Morgan fingerprint density at radius 2 is 1.92 bits per heavy atom. The van der Waals surface area contributed by atoms with Crippen molar-refractivity contribution in [1.82, 2.24) is 9.55 Å². The Morgan fingerprint density at radius 1 is 1.20 bits per heavy atom. The molecule has 2 heterocycles. The maximum atomic E-state index is 11.6. The molecule has 2 aromatic heterocycles. The van der Waals surface area contributed by atoms with E-state index in [1.165, 1.54) is 7.11 Å². The van der Waals surface area contributed by atoms with Crippen molar-refractivity contribution in [2.45, 2.75) is 0 Å². The first-order valence-electron chi connectivity index (χ1n) is 7.56. The van der Waals surface area contributed by atoms with Gasteiger partial charge in [-0.2, -0.15) is 0 Å². The molecule has 0 radical (unpaired) electrons. The summed E-state index contributed by atoms with van der Waals surface area (Å²) in [6.45, 7) is 0. The molecule has 0 atom stereocenters. The number of hydrogen-bond donors (Lipinski definition) is 1. The number of hydrogen-bond acceptors (Lipinski definition) is 4. The van der Waals surface area contributed by atoms with Crippen LogP contribution in [-0.4, -0.2) is 33.7 Å². The average molecular weight is 336 g/mol. The highest BCUT2D eigenvalue weighted by Crippen LogP contribution is 2.33. The van der Waals surface area contributed by atoms with Crippen LogP contribution in [0.15, 0.2) is 48.7 Å². The Kier molecular flexibility index (Phi) is 4.35. The molecule has 0 unspecified atom stereocenters. The van der Waals surface area contributed by atoms with E-state index in [4.69, 9.17) is 9.84 Å². The number of benzene rings is 1. The van der Waals surface area contributed by atoms with Gasteiger partial charge in [0.05, 0.1) is 18.4 Å². The van der Waals surface area contributed by atoms with Gasteiger partial charge in [0.1, 0.15) is 5.65 Å². The Labute approximate surface area is 144 Å². The van der Waals surface area contributed by atoms with Crippen LogP contribution < -0.4 is 0 Å². The van der Waals surface area contributed by atoms with E-state index < -0.39 is 11.9 Å². The number of methoxy groups -OCH3 is 1. The highest BCUT2D eigenvalue weighted by molar-refractivity contribution is 5.99. The molecule has 0 saturated heterocycles. The molecule has 0 amide bonds. The molecule has 0 fully saturated rings. The van der Waals surface area contributed by atoms with Crippen molar-refractivity contribution in [3.05, 3.63) is 59.8 Å². The summed E-state index contributed by atoms with van der Waals surface area (Å²) in [5.74, 6) is -1.43. The predicted molar refractivity (Wildman–Crippen MR) is 94.2 cm³/mol. The number of fused-ring (bicyclic) bond motifs is 1. The fourth-order valence-electron chi connectivity index (χ4n) is 2.84. The molecule has 0 aliphatic heterocycles. The Bertz CT molecular complexity index is 985. The van der Waals surface area contributed by atoms with Gasteiger partial charge in [0, 0.05) is 30.3 Å². The molecular formula is C19H16N2O4. The summed E-state index contributed by atoms with van der Waals surface area (Å²) in [6.07, 6.45) is 4.36. The number of aliphatic carboxylic acids is 1. The number of rotatable bonds is 4. The molecule has 0 aliphatic carbocycles. The van der Waals surface area contributed by atoms with Crippen LogP contribution in [0.2, 0.25) is 0 Å². The lowest BCUT2D eigenvalue weighted by Crippen LogP contribution is -2.01. The van der Waals surface area contributed by atoms with Crippen LogP contribution >= 0.6 is 0 Å². The molecule has 6 heteroatoms. The van der Waals surface area contributed by atoms with Gasteiger partial charge in [-0.1, -0.05) is 12.1 Å². The van der Waals surface area contributed by atoms with Crippen LogP contribution in [0, 0.1) is 0 Å². The molecule has 25 heavy (non-hydrogen) atoms. The third-order valence-electron chi connectivity index (χ3n) is 3.96. The summed E-state index contributed by atoms with van der Waals surface area (Å²) in [6, 6.07) is 10.7. The Balaban J connectivity index is 2.21. The topological polar surface area (TPSA) is 81.4 Å². The number of nitrogens with zero attached hydrogens (tertiary/aromatic N) is 2. The first-order valence-corrected chi connectivity index (χ1v) is 7.56. The highest BCUT2D eigenvalue weighted by atomic mass is 16.5. The van der Waals surface area contributed by atoms with E-state index in [1.54, 1.807) is 36.5 Å². The minimum Gasteiger partial charge on any atom is -0.478 e. The van der Waals surface area contributed by atoms with Crippen molar-refractivity contribution in [2.75, 3.05) is 7.11 Å². The van der Waals surface area contributed by atoms with Gasteiger partial charge < -0.3 is 14.4 Å². The van der Waals surface area contributed by atoms with E-state index in [-0.39, 0.29) is 0 Å². The molecule has 1 aromatic carbocycles. The number of pyridine rings is 1. The number of carbonyl (C=O) groups excluding carboxylic acids is 1. The van der Waals surface area contributed by atoms with Crippen molar-refractivity contribution in [3.8, 4) is 11.3 Å². The van der Waals surface area contributed by atoms with Crippen LogP contribution in [-0.2, 0) is 16.6 Å². The molecule has 0 bridgehead atoms. The summed E-state index contributed by atoms with van der Waals surface area (Å²) in [7, 11) is 3.21. The van der Waals surface area contributed by atoms with E-state index in [0.29, 0.717) is 5.56 Å². The van der Waals surface area contributed by atoms with Crippen LogP contribution in [0.3, 0.4) is 0 Å². The second-order valence-electron chi connectivity index (χ2n) is 5.44. The second-order valence-corrected chi connectivity index (χ2v) is 5.44. The van der Waals surface area contributed by atoms with Crippen molar-refractivity contribution < 1.29 is 19.4 Å². The number of carboxylic acids is 1. The monoisotopic (exact) mass is 336 g/mol. The van der Waals surface area contributed by atoms with Crippen LogP contribution in [0.25, 0.3) is 28.4 Å². The number of aryl methyl sites for hydroxylation is 1. The van der Waals surface area contributed by atoms with Gasteiger partial charge in [0.15, 0.2) is 0 Å². The molecule has 0 aliphatic rings. The first-order chi connectivity index (χ1) is 12.0. The normalized spacial score (nSPS) is 11.1. The minimum atomic E-state index is -1.02. The number of ether oxygens (including phenoxy) is 1. The van der Waals surface area contributed by atoms with E-state index in [9.17, 15) is 9.59 Å². The quantitative estimate of drug-likeness (QED) is 0.585. The number of carbonyl (C=O) groups is 2. The number of esters is 1. The third-order valence-corrected chi connectivity index (χ3v) is 3.96. The van der Waals surface area contributed by atoms with E-state index in [2.05, 4.69) is 4.98 Å². The fourth-order valence-corrected chi connectivity index (χ4v) is 2.84. The molecule has 6 nitrogen and oxygen atoms in total. The smallest absolute Gasteiger partial charge is 0.337 e. The SMILES string of the molecule is COC(=O)c1ccc(-c2c(C=CC(=O)O)c3cccnc3n2C)cc1. The van der Waals surface area contributed by atoms with Gasteiger partial charge in [-0.05, 0) is 35.9 Å². The average Bonchev–Trinajstić information content (AvgIpc) is 2.92. The van der Waals surface area contributed by atoms with Crippen molar-refractivity contribution in [3.63, 3.8) is 0 Å². The van der Waals surface area contributed by atoms with Crippen LogP contribution in [0.4, 0.5) is 0 Å². The van der Waals surface area contributed by atoms with Gasteiger partial charge in [-0.25, -0.2) is 14.6 Å². The zero-order valence-corrected chi connectivity index (χ0v) is 13.8. The molecular weight excluding hydrogens is 320 g/mol. The van der Waals surface area contributed by atoms with Gasteiger partial charge in [0.2, 0.25) is 0 Å².